The number of nitrogens with zero attached hydrogens (tertiary/aromatic N) is 1. The fourth-order valence-electron chi connectivity index (χ4n) is 3.77. The number of benzene rings is 1. The number of hydrogen-bond donors (Lipinski definition) is 1. The molecule has 2 aliphatic rings. The van der Waals surface area contributed by atoms with E-state index >= 15 is 0 Å². The number of nitrogens with one attached hydrogen (secondary N) is 1. The molecule has 1 aliphatic heterocycles. The van der Waals surface area contributed by atoms with Gasteiger partial charge in [0.05, 0.1) is 0 Å². The average molecular weight is 332 g/mol. The summed E-state index contributed by atoms with van der Waals surface area (Å²) in [6, 6.07) is 5.97. The van der Waals surface area contributed by atoms with Gasteiger partial charge in [0.1, 0.15) is 5.82 Å². The smallest absolute Gasteiger partial charge is 0.227 e. The Kier molecular flexibility index (Phi) is 5.48. The van der Waals surface area contributed by atoms with Crippen LogP contribution in [0.2, 0.25) is 0 Å². The van der Waals surface area contributed by atoms with Gasteiger partial charge in [0.15, 0.2) is 0 Å². The molecule has 0 bridgehead atoms. The van der Waals surface area contributed by atoms with Crippen molar-refractivity contribution in [1.29, 1.82) is 0 Å². The number of halogens is 1. The molecule has 130 valence electrons. The van der Waals surface area contributed by atoms with E-state index in [-0.39, 0.29) is 23.5 Å². The molecule has 1 atom stereocenters. The van der Waals surface area contributed by atoms with Crippen molar-refractivity contribution >= 4 is 17.5 Å². The van der Waals surface area contributed by atoms with Crippen LogP contribution < -0.4 is 10.2 Å². The molecular weight excluding hydrogens is 307 g/mol. The second kappa shape index (κ2) is 7.77. The average Bonchev–Trinajstić information content (AvgIpc) is 2.95. The second-order valence-corrected chi connectivity index (χ2v) is 7.06. The predicted octanol–water partition coefficient (Wildman–Crippen LogP) is 3.27. The lowest BCUT2D eigenvalue weighted by molar-refractivity contribution is -0.122. The van der Waals surface area contributed by atoms with E-state index in [1.165, 1.54) is 31.4 Å². The monoisotopic (exact) mass is 332 g/mol. The molecule has 4 nitrogen and oxygen atoms in total. The minimum Gasteiger partial charge on any atom is -0.356 e. The van der Waals surface area contributed by atoms with Crippen molar-refractivity contribution in [3.05, 3.63) is 30.1 Å². The molecule has 5 heteroatoms. The van der Waals surface area contributed by atoms with Gasteiger partial charge in [-0.05, 0) is 43.0 Å². The molecule has 24 heavy (non-hydrogen) atoms. The first-order valence-corrected chi connectivity index (χ1v) is 8.94. The number of anilines is 1. The Bertz CT molecular complexity index is 582. The maximum Gasteiger partial charge on any atom is 0.227 e. The van der Waals surface area contributed by atoms with Crippen molar-refractivity contribution in [2.75, 3.05) is 18.0 Å². The fraction of sp³-hybridized carbons (Fsp3) is 0.579. The third-order valence-electron chi connectivity index (χ3n) is 5.13. The zero-order valence-corrected chi connectivity index (χ0v) is 14.0. The molecule has 0 aromatic heterocycles. The van der Waals surface area contributed by atoms with Crippen LogP contribution in [-0.2, 0) is 9.59 Å². The number of carbonyl (C=O) groups excluding carboxylic acids is 2. The summed E-state index contributed by atoms with van der Waals surface area (Å²) in [6.07, 6.45) is 7.13. The van der Waals surface area contributed by atoms with E-state index in [1.807, 2.05) is 0 Å². The molecule has 3 rings (SSSR count). The zero-order valence-electron chi connectivity index (χ0n) is 14.0. The summed E-state index contributed by atoms with van der Waals surface area (Å²) in [5.41, 5.74) is 0.720. The molecule has 2 amide bonds. The molecule has 2 fully saturated rings. The number of hydrogen-bond acceptors (Lipinski definition) is 2. The first-order chi connectivity index (χ1) is 11.6. The van der Waals surface area contributed by atoms with Gasteiger partial charge in [-0.25, -0.2) is 4.39 Å². The van der Waals surface area contributed by atoms with Crippen molar-refractivity contribution in [2.45, 2.75) is 44.9 Å². The van der Waals surface area contributed by atoms with Gasteiger partial charge in [-0.3, -0.25) is 9.59 Å². The van der Waals surface area contributed by atoms with Gasteiger partial charge in [-0.2, -0.15) is 0 Å². The summed E-state index contributed by atoms with van der Waals surface area (Å²) in [7, 11) is 0. The van der Waals surface area contributed by atoms with E-state index in [0.717, 1.165) is 18.5 Å². The highest BCUT2D eigenvalue weighted by Gasteiger charge is 2.30. The van der Waals surface area contributed by atoms with Gasteiger partial charge in [0.2, 0.25) is 11.8 Å². The second-order valence-electron chi connectivity index (χ2n) is 7.06. The largest absolute Gasteiger partial charge is 0.356 e. The summed E-state index contributed by atoms with van der Waals surface area (Å²) in [4.78, 5) is 25.9. The maximum atomic E-state index is 13.0. The molecule has 0 spiro atoms. The Labute approximate surface area is 142 Å². The zero-order chi connectivity index (χ0) is 16.9. The lowest BCUT2D eigenvalue weighted by atomic mass is 9.87. The van der Waals surface area contributed by atoms with Gasteiger partial charge in [-0.1, -0.05) is 19.3 Å². The highest BCUT2D eigenvalue weighted by atomic mass is 19.1. The van der Waals surface area contributed by atoms with Gasteiger partial charge >= 0.3 is 0 Å². The van der Waals surface area contributed by atoms with Crippen LogP contribution in [0, 0.1) is 17.7 Å². The maximum absolute atomic E-state index is 13.0. The highest BCUT2D eigenvalue weighted by molar-refractivity contribution is 5.95. The quantitative estimate of drug-likeness (QED) is 0.900. The summed E-state index contributed by atoms with van der Waals surface area (Å²) in [5, 5.41) is 3.00. The lowest BCUT2D eigenvalue weighted by Crippen LogP contribution is -2.32. The minimum absolute atomic E-state index is 0.0353. The van der Waals surface area contributed by atoms with Crippen molar-refractivity contribution in [1.82, 2.24) is 5.32 Å². The molecule has 1 aromatic carbocycles. The molecule has 1 saturated heterocycles. The van der Waals surface area contributed by atoms with Gasteiger partial charge < -0.3 is 10.2 Å². The summed E-state index contributed by atoms with van der Waals surface area (Å²) in [6.45, 7) is 1.11. The predicted molar refractivity (Wildman–Crippen MR) is 91.1 cm³/mol. The molecule has 1 aliphatic carbocycles. The Morgan fingerprint density at radius 3 is 2.54 bits per heavy atom. The Hall–Kier alpha value is -1.91. The van der Waals surface area contributed by atoms with Crippen LogP contribution in [0.5, 0.6) is 0 Å². The minimum atomic E-state index is -0.308. The third-order valence-corrected chi connectivity index (χ3v) is 5.13. The first kappa shape index (κ1) is 16.9. The number of amides is 2. The van der Waals surface area contributed by atoms with Crippen molar-refractivity contribution < 1.29 is 14.0 Å². The fourth-order valence-corrected chi connectivity index (χ4v) is 3.77. The molecule has 1 heterocycles. The van der Waals surface area contributed by atoms with Crippen molar-refractivity contribution in [3.8, 4) is 0 Å². The summed E-state index contributed by atoms with van der Waals surface area (Å²) in [5.74, 6) is 0.483. The SMILES string of the molecule is O=C(CC1CCCCC1)NCC1CC(=O)N(c2ccc(F)cc2)C1. The molecule has 1 aromatic rings. The molecule has 0 radical (unpaired) electrons. The molecule has 1 N–H and O–H groups in total. The first-order valence-electron chi connectivity index (χ1n) is 8.94. The van der Waals surface area contributed by atoms with E-state index in [9.17, 15) is 14.0 Å². The van der Waals surface area contributed by atoms with Crippen LogP contribution in [-0.4, -0.2) is 24.9 Å². The van der Waals surface area contributed by atoms with E-state index in [2.05, 4.69) is 5.32 Å². The highest BCUT2D eigenvalue weighted by Crippen LogP contribution is 2.27. The van der Waals surface area contributed by atoms with E-state index < -0.39 is 0 Å². The normalized spacial score (nSPS) is 22.0. The van der Waals surface area contributed by atoms with Gasteiger partial charge in [-0.15, -0.1) is 0 Å². The standard InChI is InChI=1S/C19H25FN2O2/c20-16-6-8-17(9-7-16)22-13-15(11-19(22)24)12-21-18(23)10-14-4-2-1-3-5-14/h6-9,14-15H,1-5,10-13H2,(H,21,23). The Morgan fingerprint density at radius 2 is 1.83 bits per heavy atom. The molecule has 1 unspecified atom stereocenters. The summed E-state index contributed by atoms with van der Waals surface area (Å²) >= 11 is 0. The topological polar surface area (TPSA) is 49.4 Å². The van der Waals surface area contributed by atoms with Crippen LogP contribution in [0.1, 0.15) is 44.9 Å². The van der Waals surface area contributed by atoms with Crippen LogP contribution in [0.4, 0.5) is 10.1 Å². The van der Waals surface area contributed by atoms with Crippen LogP contribution in [0.3, 0.4) is 0 Å². The lowest BCUT2D eigenvalue weighted by Gasteiger charge is -2.21. The van der Waals surface area contributed by atoms with Crippen LogP contribution in [0.15, 0.2) is 24.3 Å². The van der Waals surface area contributed by atoms with Crippen LogP contribution in [0.25, 0.3) is 0 Å². The number of carbonyl (C=O) groups is 2. The molecular formula is C19H25FN2O2. The third kappa shape index (κ3) is 4.34. The van der Waals surface area contributed by atoms with Crippen molar-refractivity contribution in [2.24, 2.45) is 11.8 Å². The number of rotatable bonds is 5. The van der Waals surface area contributed by atoms with Gasteiger partial charge in [0, 0.05) is 37.5 Å². The van der Waals surface area contributed by atoms with E-state index in [0.29, 0.717) is 31.8 Å². The van der Waals surface area contributed by atoms with E-state index in [1.54, 1.807) is 17.0 Å². The van der Waals surface area contributed by atoms with E-state index in [4.69, 9.17) is 0 Å². The van der Waals surface area contributed by atoms with Crippen molar-refractivity contribution in [3.63, 3.8) is 0 Å². The van der Waals surface area contributed by atoms with Crippen LogP contribution >= 0.6 is 0 Å². The molecule has 1 saturated carbocycles. The Morgan fingerprint density at radius 1 is 1.12 bits per heavy atom. The Balaban J connectivity index is 1.45. The summed E-state index contributed by atoms with van der Waals surface area (Å²) < 4.78 is 13.0. The van der Waals surface area contributed by atoms with Gasteiger partial charge in [0.25, 0.3) is 0 Å².